The smallest absolute Gasteiger partial charge is 0.123 e. The highest BCUT2D eigenvalue weighted by Gasteiger charge is 2.52. The van der Waals surface area contributed by atoms with Crippen LogP contribution in [0.5, 0.6) is 11.5 Å². The molecule has 0 bridgehead atoms. The van der Waals surface area contributed by atoms with Crippen molar-refractivity contribution < 1.29 is 9.47 Å². The molecule has 1 spiro atoms. The Hall–Kier alpha value is -2.26. The lowest BCUT2D eigenvalue weighted by molar-refractivity contribution is 0.282. The van der Waals surface area contributed by atoms with Crippen LogP contribution in [0.1, 0.15) is 33.7 Å². The summed E-state index contributed by atoms with van der Waals surface area (Å²) >= 11 is 3.80. The lowest BCUT2D eigenvalue weighted by Crippen LogP contribution is -2.28. The van der Waals surface area contributed by atoms with E-state index in [1.807, 2.05) is 0 Å². The van der Waals surface area contributed by atoms with Gasteiger partial charge in [-0.15, -0.1) is 0 Å². The van der Waals surface area contributed by atoms with Crippen molar-refractivity contribution in [3.63, 3.8) is 0 Å². The van der Waals surface area contributed by atoms with Gasteiger partial charge in [-0.1, -0.05) is 58.4 Å². The third-order valence-electron chi connectivity index (χ3n) is 6.56. The number of methoxy groups -OCH3 is 2. The molecule has 0 saturated carbocycles. The minimum absolute atomic E-state index is 0.109. The minimum atomic E-state index is 0.109. The van der Waals surface area contributed by atoms with Crippen LogP contribution in [-0.2, 0) is 19.3 Å². The molecule has 0 fully saturated rings. The Balaban J connectivity index is 1.74. The van der Waals surface area contributed by atoms with Gasteiger partial charge in [0.15, 0.2) is 0 Å². The quantitative estimate of drug-likeness (QED) is 0.507. The summed E-state index contributed by atoms with van der Waals surface area (Å²) < 4.78 is 12.9. The predicted molar refractivity (Wildman–Crippen MR) is 116 cm³/mol. The van der Waals surface area contributed by atoms with Gasteiger partial charge in [-0.3, -0.25) is 0 Å². The fourth-order valence-electron chi connectivity index (χ4n) is 5.51. The summed E-state index contributed by atoms with van der Waals surface area (Å²) in [6, 6.07) is 21.6. The zero-order valence-electron chi connectivity index (χ0n) is 16.2. The highest BCUT2D eigenvalue weighted by atomic mass is 79.9. The van der Waals surface area contributed by atoms with Gasteiger partial charge in [-0.2, -0.15) is 0 Å². The van der Waals surface area contributed by atoms with Crippen molar-refractivity contribution in [2.75, 3.05) is 14.2 Å². The molecule has 2 nitrogen and oxygen atoms in total. The number of hydrogen-bond donors (Lipinski definition) is 0. The first-order chi connectivity index (χ1) is 13.7. The Morgan fingerprint density at radius 3 is 2.21 bits per heavy atom. The van der Waals surface area contributed by atoms with Crippen molar-refractivity contribution in [2.45, 2.75) is 25.2 Å². The van der Waals surface area contributed by atoms with E-state index in [0.29, 0.717) is 0 Å². The summed E-state index contributed by atoms with van der Waals surface area (Å²) in [4.78, 5) is 0. The van der Waals surface area contributed by atoms with E-state index < -0.39 is 0 Å². The summed E-state index contributed by atoms with van der Waals surface area (Å²) in [6.45, 7) is 0. The third-order valence-corrected chi connectivity index (χ3v) is 7.31. The van der Waals surface area contributed by atoms with Crippen LogP contribution in [-0.4, -0.2) is 14.2 Å². The van der Waals surface area contributed by atoms with E-state index >= 15 is 0 Å². The summed E-state index contributed by atoms with van der Waals surface area (Å²) in [6.07, 6.45) is 3.13. The molecule has 0 saturated heterocycles. The molecule has 3 heteroatoms. The standard InChI is InChI=1S/C25H23BrO2/c1-27-21-11-12-22(28-2)23-19(21)15-25(24(23)16-7-4-3-5-8-16)13-17-9-6-10-20(26)18(17)14-25/h3-12,24H,13-15H2,1-2H3/t24-,25-/m0/s1. The number of benzene rings is 3. The fraction of sp³-hybridized carbons (Fsp3) is 0.280. The largest absolute Gasteiger partial charge is 0.496 e. The Labute approximate surface area is 174 Å². The summed E-state index contributed by atoms with van der Waals surface area (Å²) in [5.74, 6) is 2.23. The molecule has 0 heterocycles. The van der Waals surface area contributed by atoms with E-state index in [-0.39, 0.29) is 11.3 Å². The van der Waals surface area contributed by atoms with Gasteiger partial charge in [0, 0.05) is 21.5 Å². The average molecular weight is 435 g/mol. The minimum Gasteiger partial charge on any atom is -0.496 e. The van der Waals surface area contributed by atoms with Crippen LogP contribution in [0.4, 0.5) is 0 Å². The van der Waals surface area contributed by atoms with Crippen LogP contribution < -0.4 is 9.47 Å². The van der Waals surface area contributed by atoms with Gasteiger partial charge in [0.25, 0.3) is 0 Å². The number of fused-ring (bicyclic) bond motifs is 2. The van der Waals surface area contributed by atoms with Crippen LogP contribution in [0.3, 0.4) is 0 Å². The molecule has 0 N–H and O–H groups in total. The molecular weight excluding hydrogens is 412 g/mol. The lowest BCUT2D eigenvalue weighted by Gasteiger charge is -2.32. The second-order valence-electron chi connectivity index (χ2n) is 7.98. The SMILES string of the molecule is COc1ccc(OC)c2c1C[C@@]1(Cc3cccc(Br)c3C1)[C@H]2c1ccccc1. The van der Waals surface area contributed by atoms with E-state index in [1.165, 1.54) is 32.3 Å². The van der Waals surface area contributed by atoms with Crippen LogP contribution in [0, 0.1) is 5.41 Å². The first-order valence-corrected chi connectivity index (χ1v) is 10.5. The molecule has 2 aliphatic carbocycles. The van der Waals surface area contributed by atoms with Crippen LogP contribution in [0.25, 0.3) is 0 Å². The molecule has 142 valence electrons. The molecule has 28 heavy (non-hydrogen) atoms. The zero-order valence-corrected chi connectivity index (χ0v) is 17.8. The van der Waals surface area contributed by atoms with Crippen molar-refractivity contribution in [1.82, 2.24) is 0 Å². The predicted octanol–water partition coefficient (Wildman–Crippen LogP) is 5.94. The van der Waals surface area contributed by atoms with Crippen molar-refractivity contribution in [3.8, 4) is 11.5 Å². The summed E-state index contributed by atoms with van der Waals surface area (Å²) in [5.41, 5.74) is 6.99. The first-order valence-electron chi connectivity index (χ1n) is 9.72. The van der Waals surface area contributed by atoms with E-state index in [4.69, 9.17) is 9.47 Å². The third kappa shape index (κ3) is 2.52. The summed E-state index contributed by atoms with van der Waals surface area (Å²) in [5, 5.41) is 0. The normalized spacial score (nSPS) is 22.2. The molecule has 0 aromatic heterocycles. The molecule has 0 aliphatic heterocycles. The maximum absolute atomic E-state index is 5.85. The van der Waals surface area contributed by atoms with Crippen LogP contribution >= 0.6 is 15.9 Å². The van der Waals surface area contributed by atoms with Gasteiger partial charge >= 0.3 is 0 Å². The van der Waals surface area contributed by atoms with E-state index in [2.05, 4.69) is 76.6 Å². The molecule has 2 aliphatic rings. The lowest BCUT2D eigenvalue weighted by atomic mass is 9.70. The molecule has 0 unspecified atom stereocenters. The van der Waals surface area contributed by atoms with Crippen molar-refractivity contribution in [1.29, 1.82) is 0 Å². The van der Waals surface area contributed by atoms with Crippen molar-refractivity contribution in [3.05, 3.63) is 93.0 Å². The van der Waals surface area contributed by atoms with Gasteiger partial charge in [0.2, 0.25) is 0 Å². The average Bonchev–Trinajstić information content (AvgIpc) is 3.26. The van der Waals surface area contributed by atoms with Gasteiger partial charge in [-0.25, -0.2) is 0 Å². The Morgan fingerprint density at radius 1 is 0.786 bits per heavy atom. The number of halogens is 1. The van der Waals surface area contributed by atoms with Crippen LogP contribution in [0.15, 0.2) is 65.1 Å². The van der Waals surface area contributed by atoms with Gasteiger partial charge < -0.3 is 9.47 Å². The molecule has 0 radical (unpaired) electrons. The Bertz CT molecular complexity index is 1040. The highest BCUT2D eigenvalue weighted by Crippen LogP contribution is 2.61. The zero-order chi connectivity index (χ0) is 19.3. The number of rotatable bonds is 3. The Kier molecular flexibility index (Phi) is 4.24. The topological polar surface area (TPSA) is 18.5 Å². The molecule has 3 aromatic carbocycles. The maximum atomic E-state index is 5.85. The first kappa shape index (κ1) is 17.8. The second-order valence-corrected chi connectivity index (χ2v) is 8.83. The van der Waals surface area contributed by atoms with Gasteiger partial charge in [0.05, 0.1) is 14.2 Å². The van der Waals surface area contributed by atoms with Gasteiger partial charge in [0.1, 0.15) is 11.5 Å². The number of ether oxygens (including phenoxy) is 2. The monoisotopic (exact) mass is 434 g/mol. The van der Waals surface area contributed by atoms with Crippen molar-refractivity contribution >= 4 is 15.9 Å². The maximum Gasteiger partial charge on any atom is 0.123 e. The fourth-order valence-corrected chi connectivity index (χ4v) is 6.05. The molecule has 0 amide bonds. The van der Waals surface area contributed by atoms with Gasteiger partial charge in [-0.05, 0) is 59.6 Å². The van der Waals surface area contributed by atoms with Crippen molar-refractivity contribution in [2.24, 2.45) is 5.41 Å². The van der Waals surface area contributed by atoms with E-state index in [9.17, 15) is 0 Å². The Morgan fingerprint density at radius 2 is 1.50 bits per heavy atom. The number of hydrogen-bond acceptors (Lipinski definition) is 2. The second kappa shape index (κ2) is 6.66. The van der Waals surface area contributed by atoms with Crippen LogP contribution in [0.2, 0.25) is 0 Å². The highest BCUT2D eigenvalue weighted by molar-refractivity contribution is 9.10. The van der Waals surface area contributed by atoms with E-state index in [0.717, 1.165) is 30.8 Å². The molecule has 2 atom stereocenters. The van der Waals surface area contributed by atoms with E-state index in [1.54, 1.807) is 14.2 Å². The summed E-state index contributed by atoms with van der Waals surface area (Å²) in [7, 11) is 3.54. The molecule has 3 aromatic rings. The molecular formula is C25H23BrO2. The molecule has 5 rings (SSSR count).